The SMILES string of the molecule is CN1CC(=O)Nc2cc(C(=O)Nc3nc(-c4ccc5c(c4)OCCO5)cs3)ccc21. The number of benzene rings is 2. The summed E-state index contributed by atoms with van der Waals surface area (Å²) >= 11 is 1.34. The number of nitrogens with one attached hydrogen (secondary N) is 2. The molecule has 30 heavy (non-hydrogen) atoms. The fraction of sp³-hybridized carbons (Fsp3) is 0.190. The predicted octanol–water partition coefficient (Wildman–Crippen LogP) is 3.22. The lowest BCUT2D eigenvalue weighted by molar-refractivity contribution is -0.115. The molecule has 0 unspecified atom stereocenters. The first-order valence-electron chi connectivity index (χ1n) is 9.39. The van der Waals surface area contributed by atoms with Gasteiger partial charge in [-0.3, -0.25) is 14.9 Å². The summed E-state index contributed by atoms with van der Waals surface area (Å²) in [5.74, 6) is 1.02. The van der Waals surface area contributed by atoms with E-state index in [0.717, 1.165) is 22.7 Å². The van der Waals surface area contributed by atoms with Gasteiger partial charge in [0.2, 0.25) is 5.91 Å². The average molecular weight is 422 g/mol. The van der Waals surface area contributed by atoms with Gasteiger partial charge in [0.15, 0.2) is 16.6 Å². The maximum Gasteiger partial charge on any atom is 0.257 e. The lowest BCUT2D eigenvalue weighted by Crippen LogP contribution is -2.35. The molecule has 0 atom stereocenters. The molecule has 0 saturated carbocycles. The molecular formula is C21H18N4O4S. The Bertz CT molecular complexity index is 1160. The van der Waals surface area contributed by atoms with E-state index in [4.69, 9.17) is 9.47 Å². The van der Waals surface area contributed by atoms with Crippen molar-refractivity contribution >= 4 is 39.7 Å². The van der Waals surface area contributed by atoms with Crippen molar-refractivity contribution in [1.82, 2.24) is 4.98 Å². The quantitative estimate of drug-likeness (QED) is 0.673. The first kappa shape index (κ1) is 18.4. The van der Waals surface area contributed by atoms with E-state index in [-0.39, 0.29) is 11.8 Å². The van der Waals surface area contributed by atoms with Crippen molar-refractivity contribution in [2.75, 3.05) is 42.3 Å². The zero-order valence-corrected chi connectivity index (χ0v) is 16.9. The lowest BCUT2D eigenvalue weighted by atomic mass is 10.1. The van der Waals surface area contributed by atoms with Gasteiger partial charge in [-0.2, -0.15) is 0 Å². The number of thiazole rings is 1. The summed E-state index contributed by atoms with van der Waals surface area (Å²) in [6.45, 7) is 1.36. The van der Waals surface area contributed by atoms with Gasteiger partial charge in [0.1, 0.15) is 13.2 Å². The highest BCUT2D eigenvalue weighted by molar-refractivity contribution is 7.14. The van der Waals surface area contributed by atoms with Crippen LogP contribution in [0.15, 0.2) is 41.8 Å². The molecule has 2 N–H and O–H groups in total. The molecule has 3 heterocycles. The topological polar surface area (TPSA) is 92.8 Å². The Morgan fingerprint density at radius 3 is 2.87 bits per heavy atom. The van der Waals surface area contributed by atoms with Crippen LogP contribution in [0.3, 0.4) is 0 Å². The Labute approximate surface area is 176 Å². The number of carbonyl (C=O) groups is 2. The molecule has 2 aliphatic rings. The summed E-state index contributed by atoms with van der Waals surface area (Å²) < 4.78 is 11.2. The molecule has 8 nitrogen and oxygen atoms in total. The standard InChI is InChI=1S/C21H18N4O4S/c1-25-10-19(26)22-14-8-13(2-4-16(14)25)20(27)24-21-23-15(11-30-21)12-3-5-17-18(9-12)29-7-6-28-17/h2-5,8-9,11H,6-7,10H2,1H3,(H,22,26)(H,23,24,27). The third-order valence-electron chi connectivity index (χ3n) is 4.89. The Morgan fingerprint density at radius 1 is 1.17 bits per heavy atom. The van der Waals surface area contributed by atoms with Gasteiger partial charge in [-0.25, -0.2) is 4.98 Å². The number of anilines is 3. The number of likely N-dealkylation sites (N-methyl/N-ethyl adjacent to an activating group) is 1. The van der Waals surface area contributed by atoms with Crippen molar-refractivity contribution in [1.29, 1.82) is 0 Å². The first-order valence-corrected chi connectivity index (χ1v) is 10.3. The van der Waals surface area contributed by atoms with Crippen LogP contribution in [0.2, 0.25) is 0 Å². The lowest BCUT2D eigenvalue weighted by Gasteiger charge is -2.27. The number of fused-ring (bicyclic) bond motifs is 2. The molecule has 0 fully saturated rings. The third-order valence-corrected chi connectivity index (χ3v) is 5.65. The fourth-order valence-electron chi connectivity index (χ4n) is 3.44. The van der Waals surface area contributed by atoms with Crippen LogP contribution < -0.4 is 25.0 Å². The minimum absolute atomic E-state index is 0.105. The maximum atomic E-state index is 12.7. The summed E-state index contributed by atoms with van der Waals surface area (Å²) in [5.41, 5.74) is 3.57. The largest absolute Gasteiger partial charge is 0.486 e. The van der Waals surface area contributed by atoms with Crippen LogP contribution in [-0.4, -0.2) is 43.6 Å². The highest BCUT2D eigenvalue weighted by Gasteiger charge is 2.21. The molecule has 1 aromatic heterocycles. The van der Waals surface area contributed by atoms with Crippen LogP contribution in [0.1, 0.15) is 10.4 Å². The van der Waals surface area contributed by atoms with Gasteiger partial charge in [-0.1, -0.05) is 0 Å². The number of amides is 2. The molecule has 9 heteroatoms. The molecule has 0 bridgehead atoms. The summed E-state index contributed by atoms with van der Waals surface area (Å²) in [4.78, 5) is 30.8. The molecule has 0 aliphatic carbocycles. The van der Waals surface area contributed by atoms with Crippen LogP contribution in [0.4, 0.5) is 16.5 Å². The minimum atomic E-state index is -0.289. The Morgan fingerprint density at radius 2 is 2.00 bits per heavy atom. The molecule has 152 valence electrons. The minimum Gasteiger partial charge on any atom is -0.486 e. The number of carbonyl (C=O) groups excluding carboxylic acids is 2. The third kappa shape index (κ3) is 3.43. The second kappa shape index (κ2) is 7.34. The highest BCUT2D eigenvalue weighted by Crippen LogP contribution is 2.35. The van der Waals surface area contributed by atoms with Gasteiger partial charge in [-0.15, -0.1) is 11.3 Å². The number of ether oxygens (including phenoxy) is 2. The molecule has 5 rings (SSSR count). The van der Waals surface area contributed by atoms with Crippen molar-refractivity contribution in [2.45, 2.75) is 0 Å². The summed E-state index contributed by atoms with van der Waals surface area (Å²) in [6, 6.07) is 10.9. The normalized spacial score (nSPS) is 14.7. The second-order valence-electron chi connectivity index (χ2n) is 6.99. The number of aromatic nitrogens is 1. The summed E-state index contributed by atoms with van der Waals surface area (Å²) in [6.07, 6.45) is 0. The second-order valence-corrected chi connectivity index (χ2v) is 7.84. The van der Waals surface area contributed by atoms with E-state index >= 15 is 0 Å². The van der Waals surface area contributed by atoms with Crippen molar-refractivity contribution < 1.29 is 19.1 Å². The molecule has 0 radical (unpaired) electrons. The first-order chi connectivity index (χ1) is 14.6. The van der Waals surface area contributed by atoms with Gasteiger partial charge < -0.3 is 19.7 Å². The number of hydrogen-bond donors (Lipinski definition) is 2. The maximum absolute atomic E-state index is 12.7. The smallest absolute Gasteiger partial charge is 0.257 e. The van der Waals surface area contributed by atoms with Crippen molar-refractivity contribution in [3.8, 4) is 22.8 Å². The Hall–Kier alpha value is -3.59. The van der Waals surface area contributed by atoms with E-state index in [2.05, 4.69) is 15.6 Å². The highest BCUT2D eigenvalue weighted by atomic mass is 32.1. The van der Waals surface area contributed by atoms with Gasteiger partial charge in [-0.05, 0) is 36.4 Å². The number of nitrogens with zero attached hydrogens (tertiary/aromatic N) is 2. The summed E-state index contributed by atoms with van der Waals surface area (Å²) in [7, 11) is 1.84. The van der Waals surface area contributed by atoms with Gasteiger partial charge in [0.25, 0.3) is 5.91 Å². The van der Waals surface area contributed by atoms with E-state index in [0.29, 0.717) is 41.9 Å². The van der Waals surface area contributed by atoms with Gasteiger partial charge >= 0.3 is 0 Å². The fourth-order valence-corrected chi connectivity index (χ4v) is 4.15. The Balaban J connectivity index is 1.34. The van der Waals surface area contributed by atoms with E-state index in [1.165, 1.54) is 11.3 Å². The van der Waals surface area contributed by atoms with E-state index in [1.807, 2.05) is 41.6 Å². The monoisotopic (exact) mass is 422 g/mol. The molecular weight excluding hydrogens is 404 g/mol. The van der Waals surface area contributed by atoms with Crippen LogP contribution in [0.25, 0.3) is 11.3 Å². The van der Waals surface area contributed by atoms with E-state index in [1.54, 1.807) is 12.1 Å². The zero-order chi connectivity index (χ0) is 20.7. The zero-order valence-electron chi connectivity index (χ0n) is 16.1. The van der Waals surface area contributed by atoms with Gasteiger partial charge in [0, 0.05) is 23.6 Å². The summed E-state index contributed by atoms with van der Waals surface area (Å²) in [5, 5.41) is 8.00. The molecule has 0 spiro atoms. The van der Waals surface area contributed by atoms with Crippen LogP contribution in [-0.2, 0) is 4.79 Å². The number of hydrogen-bond acceptors (Lipinski definition) is 7. The van der Waals surface area contributed by atoms with Crippen LogP contribution >= 0.6 is 11.3 Å². The van der Waals surface area contributed by atoms with Gasteiger partial charge in [0.05, 0.1) is 23.6 Å². The Kier molecular flexibility index (Phi) is 4.51. The van der Waals surface area contributed by atoms with Crippen LogP contribution in [0.5, 0.6) is 11.5 Å². The average Bonchev–Trinajstić information content (AvgIpc) is 3.21. The van der Waals surface area contributed by atoms with Crippen LogP contribution in [0, 0.1) is 0 Å². The number of rotatable bonds is 3. The van der Waals surface area contributed by atoms with Crippen molar-refractivity contribution in [3.63, 3.8) is 0 Å². The predicted molar refractivity (Wildman–Crippen MR) is 115 cm³/mol. The molecule has 0 saturated heterocycles. The molecule has 2 aliphatic heterocycles. The van der Waals surface area contributed by atoms with Crippen molar-refractivity contribution in [2.24, 2.45) is 0 Å². The molecule has 3 aromatic rings. The van der Waals surface area contributed by atoms with Crippen molar-refractivity contribution in [3.05, 3.63) is 47.3 Å². The van der Waals surface area contributed by atoms with E-state index in [9.17, 15) is 9.59 Å². The molecule has 2 aromatic carbocycles. The molecule has 2 amide bonds. The van der Waals surface area contributed by atoms with E-state index < -0.39 is 0 Å².